The first-order chi connectivity index (χ1) is 6.17. The lowest BCUT2D eigenvalue weighted by molar-refractivity contribution is 0.491. The average molecular weight is 182 g/mol. The van der Waals surface area contributed by atoms with E-state index in [1.807, 2.05) is 0 Å². The van der Waals surface area contributed by atoms with Crippen molar-refractivity contribution < 1.29 is 0 Å². The van der Waals surface area contributed by atoms with E-state index >= 15 is 0 Å². The lowest BCUT2D eigenvalue weighted by atomic mass is 9.85. The van der Waals surface area contributed by atoms with E-state index in [9.17, 15) is 0 Å². The summed E-state index contributed by atoms with van der Waals surface area (Å²) in [7, 11) is 0. The summed E-state index contributed by atoms with van der Waals surface area (Å²) in [5, 5.41) is 0. The normalized spacial score (nSPS) is 15.2. The Morgan fingerprint density at radius 2 is 1.38 bits per heavy atom. The Kier molecular flexibility index (Phi) is 7.03. The van der Waals surface area contributed by atoms with Gasteiger partial charge >= 0.3 is 0 Å². The summed E-state index contributed by atoms with van der Waals surface area (Å²) in [5.41, 5.74) is 1.67. The third-order valence-corrected chi connectivity index (χ3v) is 2.91. The van der Waals surface area contributed by atoms with Gasteiger partial charge in [-0.25, -0.2) is 0 Å². The summed E-state index contributed by atoms with van der Waals surface area (Å²) in [6.07, 6.45) is 7.62. The summed E-state index contributed by atoms with van der Waals surface area (Å²) < 4.78 is 0. The van der Waals surface area contributed by atoms with Gasteiger partial charge in [-0.2, -0.15) is 0 Å². The molecule has 13 heavy (non-hydrogen) atoms. The maximum absolute atomic E-state index is 2.37. The van der Waals surface area contributed by atoms with Crippen LogP contribution in [0.15, 0.2) is 11.6 Å². The lowest BCUT2D eigenvalue weighted by Gasteiger charge is -2.21. The van der Waals surface area contributed by atoms with Crippen LogP contribution in [0.2, 0.25) is 0 Å². The van der Waals surface area contributed by atoms with Gasteiger partial charge in [0.2, 0.25) is 0 Å². The Morgan fingerprint density at radius 3 is 1.62 bits per heavy atom. The van der Waals surface area contributed by atoms with Crippen molar-refractivity contribution in [2.24, 2.45) is 11.8 Å². The molecule has 0 radical (unpaired) electrons. The fraction of sp³-hybridized carbons (Fsp3) is 0.846. The monoisotopic (exact) mass is 182 g/mol. The molecule has 0 bridgehead atoms. The molecule has 0 N–H and O–H groups in total. The molecule has 0 heteroatoms. The van der Waals surface area contributed by atoms with Crippen LogP contribution < -0.4 is 0 Å². The number of allylic oxidation sites excluding steroid dienone is 2. The van der Waals surface area contributed by atoms with E-state index in [0.717, 1.165) is 11.8 Å². The fourth-order valence-corrected chi connectivity index (χ4v) is 2.25. The first-order valence-electron chi connectivity index (χ1n) is 5.83. The molecule has 0 aromatic heterocycles. The van der Waals surface area contributed by atoms with Crippen molar-refractivity contribution in [3.05, 3.63) is 11.6 Å². The summed E-state index contributed by atoms with van der Waals surface area (Å²) in [6.45, 7) is 11.5. The van der Waals surface area contributed by atoms with E-state index < -0.39 is 0 Å². The molecule has 2 unspecified atom stereocenters. The molecular formula is C13H26. The minimum Gasteiger partial charge on any atom is -0.0879 e. The predicted molar refractivity (Wildman–Crippen MR) is 61.9 cm³/mol. The summed E-state index contributed by atoms with van der Waals surface area (Å²) in [5.74, 6) is 1.58. The van der Waals surface area contributed by atoms with Crippen LogP contribution in [0.4, 0.5) is 0 Å². The van der Waals surface area contributed by atoms with Gasteiger partial charge in [-0.3, -0.25) is 0 Å². The smallest absolute Gasteiger partial charge is 0.0229 e. The van der Waals surface area contributed by atoms with Crippen LogP contribution in [0.25, 0.3) is 0 Å². The molecule has 2 atom stereocenters. The van der Waals surface area contributed by atoms with Crippen LogP contribution in [0.1, 0.15) is 60.3 Å². The van der Waals surface area contributed by atoms with Crippen molar-refractivity contribution in [3.8, 4) is 0 Å². The molecule has 0 fully saturated rings. The molecule has 0 aliphatic rings. The Bertz CT molecular complexity index is 130. The van der Waals surface area contributed by atoms with E-state index in [0.29, 0.717) is 0 Å². The maximum Gasteiger partial charge on any atom is -0.0229 e. The molecule has 0 aliphatic heterocycles. The first kappa shape index (κ1) is 12.7. The van der Waals surface area contributed by atoms with E-state index in [4.69, 9.17) is 0 Å². The summed E-state index contributed by atoms with van der Waals surface area (Å²) >= 11 is 0. The zero-order chi connectivity index (χ0) is 10.3. The van der Waals surface area contributed by atoms with Crippen LogP contribution in [-0.2, 0) is 0 Å². The standard InChI is InChI=1S/C13H26/c1-6-9-11(4)13(8-3)12(5)10-7-2/h8,11-12H,6-7,9-10H2,1-5H3. The molecular weight excluding hydrogens is 156 g/mol. The zero-order valence-electron chi connectivity index (χ0n) is 10.1. The van der Waals surface area contributed by atoms with Crippen molar-refractivity contribution in [2.75, 3.05) is 0 Å². The highest BCUT2D eigenvalue weighted by atomic mass is 14.2. The zero-order valence-corrected chi connectivity index (χ0v) is 10.1. The molecule has 0 heterocycles. The second-order valence-corrected chi connectivity index (χ2v) is 4.17. The highest BCUT2D eigenvalue weighted by Gasteiger charge is 2.13. The molecule has 0 nitrogen and oxygen atoms in total. The molecule has 0 saturated heterocycles. The fourth-order valence-electron chi connectivity index (χ4n) is 2.25. The summed E-state index contributed by atoms with van der Waals surface area (Å²) in [4.78, 5) is 0. The van der Waals surface area contributed by atoms with Gasteiger partial charge in [-0.05, 0) is 31.6 Å². The van der Waals surface area contributed by atoms with Crippen LogP contribution in [0.3, 0.4) is 0 Å². The second-order valence-electron chi connectivity index (χ2n) is 4.17. The Morgan fingerprint density at radius 1 is 1.00 bits per heavy atom. The van der Waals surface area contributed by atoms with Crippen LogP contribution >= 0.6 is 0 Å². The van der Waals surface area contributed by atoms with Gasteiger partial charge in [0.05, 0.1) is 0 Å². The molecule has 0 aromatic rings. The Balaban J connectivity index is 4.16. The quantitative estimate of drug-likeness (QED) is 0.517. The van der Waals surface area contributed by atoms with Crippen molar-refractivity contribution in [2.45, 2.75) is 60.3 Å². The number of rotatable bonds is 6. The number of hydrogen-bond donors (Lipinski definition) is 0. The van der Waals surface area contributed by atoms with Crippen molar-refractivity contribution in [1.29, 1.82) is 0 Å². The topological polar surface area (TPSA) is 0 Å². The molecule has 0 spiro atoms. The van der Waals surface area contributed by atoms with Crippen LogP contribution in [-0.4, -0.2) is 0 Å². The largest absolute Gasteiger partial charge is 0.0879 e. The SMILES string of the molecule is CC=C(C(C)CCC)C(C)CCC. The molecule has 0 amide bonds. The van der Waals surface area contributed by atoms with Crippen molar-refractivity contribution >= 4 is 0 Å². The lowest BCUT2D eigenvalue weighted by Crippen LogP contribution is -2.08. The van der Waals surface area contributed by atoms with E-state index in [1.165, 1.54) is 25.7 Å². The highest BCUT2D eigenvalue weighted by molar-refractivity contribution is 5.07. The molecule has 0 aliphatic carbocycles. The Labute approximate surface area is 84.4 Å². The minimum atomic E-state index is 0.788. The molecule has 0 saturated carbocycles. The van der Waals surface area contributed by atoms with Gasteiger partial charge in [-0.1, -0.05) is 52.2 Å². The van der Waals surface area contributed by atoms with Gasteiger partial charge in [0.1, 0.15) is 0 Å². The van der Waals surface area contributed by atoms with E-state index in [1.54, 1.807) is 5.57 Å². The van der Waals surface area contributed by atoms with E-state index in [2.05, 4.69) is 40.7 Å². The molecule has 78 valence electrons. The minimum absolute atomic E-state index is 0.788. The molecule has 0 aromatic carbocycles. The maximum atomic E-state index is 2.37. The average Bonchev–Trinajstić information content (AvgIpc) is 2.06. The van der Waals surface area contributed by atoms with Gasteiger partial charge in [0.15, 0.2) is 0 Å². The first-order valence-corrected chi connectivity index (χ1v) is 5.83. The van der Waals surface area contributed by atoms with Crippen molar-refractivity contribution in [1.82, 2.24) is 0 Å². The van der Waals surface area contributed by atoms with Gasteiger partial charge in [-0.15, -0.1) is 0 Å². The van der Waals surface area contributed by atoms with Gasteiger partial charge in [0.25, 0.3) is 0 Å². The third kappa shape index (κ3) is 4.50. The second kappa shape index (κ2) is 7.17. The van der Waals surface area contributed by atoms with Crippen LogP contribution in [0.5, 0.6) is 0 Å². The Hall–Kier alpha value is -0.260. The molecule has 0 rings (SSSR count). The highest BCUT2D eigenvalue weighted by Crippen LogP contribution is 2.26. The third-order valence-electron chi connectivity index (χ3n) is 2.91. The number of hydrogen-bond acceptors (Lipinski definition) is 0. The van der Waals surface area contributed by atoms with Gasteiger partial charge in [0, 0.05) is 0 Å². The van der Waals surface area contributed by atoms with Crippen LogP contribution in [0, 0.1) is 11.8 Å². The predicted octanol–water partition coefficient (Wildman–Crippen LogP) is 4.81. The van der Waals surface area contributed by atoms with Gasteiger partial charge < -0.3 is 0 Å². The van der Waals surface area contributed by atoms with E-state index in [-0.39, 0.29) is 0 Å². The van der Waals surface area contributed by atoms with Crippen molar-refractivity contribution in [3.63, 3.8) is 0 Å². The summed E-state index contributed by atoms with van der Waals surface area (Å²) in [6, 6.07) is 0.